The van der Waals surface area contributed by atoms with Gasteiger partial charge < -0.3 is 36.2 Å². The van der Waals surface area contributed by atoms with E-state index in [1.165, 1.54) is 28.0 Å². The number of primary amides is 1. The number of nitrogens with zero attached hydrogens (tertiary/aromatic N) is 6. The molecule has 14 heteroatoms. The Morgan fingerprint density at radius 1 is 1.24 bits per heavy atom. The molecule has 33 heavy (non-hydrogen) atoms. The number of fused-ring (bicyclic) bond motifs is 1. The molecule has 1 saturated heterocycles. The molecule has 1 aliphatic heterocycles. The number of ether oxygens (including phenoxy) is 1. The molecule has 4 heterocycles. The fourth-order valence-corrected chi connectivity index (χ4v) is 4.25. The summed E-state index contributed by atoms with van der Waals surface area (Å²) in [5.74, 6) is -0.257. The second kappa shape index (κ2) is 8.31. The minimum Gasteiger partial charge on any atom is -0.394 e. The summed E-state index contributed by atoms with van der Waals surface area (Å²) in [4.78, 5) is 24.8. The van der Waals surface area contributed by atoms with Gasteiger partial charge in [0.15, 0.2) is 23.2 Å². The van der Waals surface area contributed by atoms with Crippen LogP contribution >= 0.6 is 0 Å². The smallest absolute Gasteiger partial charge is 0.254 e. The minimum absolute atomic E-state index is 0.0819. The molecule has 2 fully saturated rings. The Morgan fingerprint density at radius 2 is 2.06 bits per heavy atom. The SMILES string of the molecule is NC(=O)c1cnn(-c2nc(NC3CCCC3O)c3ncn([C@@H]4O[C@H](CO)[C@@H](O)[C@H]4O)c3n2)c1. The second-order valence-electron chi connectivity index (χ2n) is 8.21. The summed E-state index contributed by atoms with van der Waals surface area (Å²) < 4.78 is 8.33. The number of anilines is 1. The average molecular weight is 460 g/mol. The molecule has 2 unspecified atom stereocenters. The van der Waals surface area contributed by atoms with Crippen LogP contribution in [0, 0.1) is 0 Å². The second-order valence-corrected chi connectivity index (χ2v) is 8.21. The molecule has 3 aromatic heterocycles. The highest BCUT2D eigenvalue weighted by atomic mass is 16.6. The third kappa shape index (κ3) is 3.71. The molecule has 0 radical (unpaired) electrons. The van der Waals surface area contributed by atoms with E-state index in [9.17, 15) is 25.2 Å². The van der Waals surface area contributed by atoms with Crippen LogP contribution in [0.2, 0.25) is 0 Å². The Morgan fingerprint density at radius 3 is 2.70 bits per heavy atom. The lowest BCUT2D eigenvalue weighted by Crippen LogP contribution is -2.33. The largest absolute Gasteiger partial charge is 0.394 e. The molecule has 1 aliphatic carbocycles. The Kier molecular flexibility index (Phi) is 5.46. The van der Waals surface area contributed by atoms with Crippen molar-refractivity contribution in [2.45, 2.75) is 55.9 Å². The van der Waals surface area contributed by atoms with Gasteiger partial charge in [0.2, 0.25) is 0 Å². The van der Waals surface area contributed by atoms with Crippen molar-refractivity contribution in [2.24, 2.45) is 5.73 Å². The lowest BCUT2D eigenvalue weighted by atomic mass is 10.1. The molecule has 7 N–H and O–H groups in total. The lowest BCUT2D eigenvalue weighted by Gasteiger charge is -2.19. The third-order valence-electron chi connectivity index (χ3n) is 6.07. The highest BCUT2D eigenvalue weighted by Gasteiger charge is 2.44. The third-order valence-corrected chi connectivity index (χ3v) is 6.07. The first kappa shape index (κ1) is 21.7. The average Bonchev–Trinajstić information content (AvgIpc) is 3.57. The number of nitrogens with one attached hydrogen (secondary N) is 1. The van der Waals surface area contributed by atoms with E-state index in [0.29, 0.717) is 17.8 Å². The van der Waals surface area contributed by atoms with Crippen LogP contribution in [0.4, 0.5) is 5.82 Å². The summed E-state index contributed by atoms with van der Waals surface area (Å²) in [6.07, 6.45) is 1.10. The van der Waals surface area contributed by atoms with Gasteiger partial charge in [0, 0.05) is 6.20 Å². The van der Waals surface area contributed by atoms with E-state index in [2.05, 4.69) is 25.4 Å². The lowest BCUT2D eigenvalue weighted by molar-refractivity contribution is -0.0511. The zero-order chi connectivity index (χ0) is 23.3. The molecule has 176 valence electrons. The maximum Gasteiger partial charge on any atom is 0.254 e. The van der Waals surface area contributed by atoms with Crippen molar-refractivity contribution < 1.29 is 30.0 Å². The predicted molar refractivity (Wildman–Crippen MR) is 111 cm³/mol. The van der Waals surface area contributed by atoms with Crippen molar-refractivity contribution in [1.82, 2.24) is 29.3 Å². The molecule has 0 bridgehead atoms. The first-order chi connectivity index (χ1) is 15.9. The van der Waals surface area contributed by atoms with Crippen LogP contribution < -0.4 is 11.1 Å². The summed E-state index contributed by atoms with van der Waals surface area (Å²) in [7, 11) is 0. The van der Waals surface area contributed by atoms with Crippen molar-refractivity contribution in [3.8, 4) is 5.95 Å². The Hall–Kier alpha value is -3.17. The van der Waals surface area contributed by atoms with Crippen molar-refractivity contribution in [2.75, 3.05) is 11.9 Å². The predicted octanol–water partition coefficient (Wildman–Crippen LogP) is -1.95. The number of carbonyl (C=O) groups is 1. The minimum atomic E-state index is -1.34. The van der Waals surface area contributed by atoms with Gasteiger partial charge in [-0.15, -0.1) is 0 Å². The zero-order valence-electron chi connectivity index (χ0n) is 17.4. The molecule has 0 aromatic carbocycles. The normalized spacial score (nSPS) is 29.7. The van der Waals surface area contributed by atoms with Gasteiger partial charge in [-0.25, -0.2) is 9.67 Å². The number of rotatable bonds is 6. The topological polar surface area (TPSA) is 207 Å². The van der Waals surface area contributed by atoms with Gasteiger partial charge in [0.1, 0.15) is 18.3 Å². The Balaban J connectivity index is 1.61. The number of carbonyl (C=O) groups excluding carboxylic acids is 1. The first-order valence-corrected chi connectivity index (χ1v) is 10.5. The van der Waals surface area contributed by atoms with E-state index in [1.807, 2.05) is 0 Å². The quantitative estimate of drug-likeness (QED) is 0.238. The molecule has 3 aromatic rings. The Bertz CT molecular complexity index is 1180. The van der Waals surface area contributed by atoms with Gasteiger partial charge in [0.25, 0.3) is 11.9 Å². The van der Waals surface area contributed by atoms with E-state index >= 15 is 0 Å². The fourth-order valence-electron chi connectivity index (χ4n) is 4.25. The monoisotopic (exact) mass is 460 g/mol. The van der Waals surface area contributed by atoms with Crippen LogP contribution in [0.1, 0.15) is 35.8 Å². The van der Waals surface area contributed by atoms with Gasteiger partial charge in [-0.3, -0.25) is 9.36 Å². The number of imidazole rings is 1. The highest BCUT2D eigenvalue weighted by Crippen LogP contribution is 2.33. The van der Waals surface area contributed by atoms with Gasteiger partial charge in [0.05, 0.1) is 36.8 Å². The fraction of sp³-hybridized carbons (Fsp3) is 0.526. The summed E-state index contributed by atoms with van der Waals surface area (Å²) in [6, 6.07) is -0.242. The molecule has 1 amide bonds. The van der Waals surface area contributed by atoms with Crippen LogP contribution in [-0.2, 0) is 4.74 Å². The molecule has 6 atom stereocenters. The number of amides is 1. The highest BCUT2D eigenvalue weighted by molar-refractivity contribution is 5.92. The summed E-state index contributed by atoms with van der Waals surface area (Å²) in [5.41, 5.74) is 6.08. The van der Waals surface area contributed by atoms with E-state index in [1.54, 1.807) is 0 Å². The molecular weight excluding hydrogens is 436 g/mol. The molecule has 5 rings (SSSR count). The van der Waals surface area contributed by atoms with E-state index in [-0.39, 0.29) is 23.2 Å². The van der Waals surface area contributed by atoms with Gasteiger partial charge in [-0.2, -0.15) is 15.1 Å². The molecule has 14 nitrogen and oxygen atoms in total. The molecular formula is C19H24N8O6. The molecule has 1 saturated carbocycles. The zero-order valence-corrected chi connectivity index (χ0v) is 17.4. The summed E-state index contributed by atoms with van der Waals surface area (Å²) in [5, 5.41) is 47.6. The molecule has 0 spiro atoms. The number of hydrogen-bond acceptors (Lipinski definition) is 11. The van der Waals surface area contributed by atoms with Crippen LogP contribution in [0.3, 0.4) is 0 Å². The van der Waals surface area contributed by atoms with Crippen LogP contribution in [0.25, 0.3) is 17.1 Å². The summed E-state index contributed by atoms with van der Waals surface area (Å²) in [6.45, 7) is -0.475. The van der Waals surface area contributed by atoms with Crippen LogP contribution in [0.5, 0.6) is 0 Å². The Labute approximate surface area is 186 Å². The molecule has 2 aliphatic rings. The first-order valence-electron chi connectivity index (χ1n) is 10.5. The maximum atomic E-state index is 11.5. The maximum absolute atomic E-state index is 11.5. The van der Waals surface area contributed by atoms with Gasteiger partial charge in [-0.05, 0) is 19.3 Å². The number of hydrogen-bond donors (Lipinski definition) is 6. The van der Waals surface area contributed by atoms with E-state index < -0.39 is 43.2 Å². The standard InChI is InChI=1S/C19H24N8O6/c20-15(32)8-4-22-27(5-8)19-24-16(23-9-2-1-3-10(9)29)12-17(25-19)26(7-21-12)18-14(31)13(30)11(6-28)33-18/h4-5,7,9-11,13-14,18,28-31H,1-3,6H2,(H2,20,32)(H,23,24,25)/t9?,10?,11-,13-,14-,18-/m1/s1. The van der Waals surface area contributed by atoms with Crippen molar-refractivity contribution in [3.05, 3.63) is 24.3 Å². The summed E-state index contributed by atoms with van der Waals surface area (Å²) >= 11 is 0. The van der Waals surface area contributed by atoms with E-state index in [0.717, 1.165) is 12.8 Å². The van der Waals surface area contributed by atoms with E-state index in [4.69, 9.17) is 10.5 Å². The number of aromatic nitrogens is 6. The van der Waals surface area contributed by atoms with Gasteiger partial charge in [-0.1, -0.05) is 0 Å². The van der Waals surface area contributed by atoms with Crippen molar-refractivity contribution in [3.63, 3.8) is 0 Å². The van der Waals surface area contributed by atoms with Crippen LogP contribution in [0.15, 0.2) is 18.7 Å². The van der Waals surface area contributed by atoms with Gasteiger partial charge >= 0.3 is 0 Å². The number of aliphatic hydroxyl groups is 4. The number of aliphatic hydroxyl groups excluding tert-OH is 4. The van der Waals surface area contributed by atoms with Crippen LogP contribution in [-0.4, -0.2) is 92.7 Å². The van der Waals surface area contributed by atoms with Crippen molar-refractivity contribution >= 4 is 22.9 Å². The number of nitrogens with two attached hydrogens (primary N) is 1. The van der Waals surface area contributed by atoms with Crippen molar-refractivity contribution in [1.29, 1.82) is 0 Å².